The van der Waals surface area contributed by atoms with Crippen LogP contribution in [0.5, 0.6) is 0 Å². The molecule has 5 aliphatic rings. The molecule has 4 fully saturated rings. The van der Waals surface area contributed by atoms with Crippen LogP contribution in [0.1, 0.15) is 100 Å². The highest BCUT2D eigenvalue weighted by molar-refractivity contribution is 6.02. The maximum absolute atomic E-state index is 13.7. The van der Waals surface area contributed by atoms with Crippen LogP contribution < -0.4 is 0 Å². The zero-order valence-corrected chi connectivity index (χ0v) is 23.4. The summed E-state index contributed by atoms with van der Waals surface area (Å²) in [7, 11) is 0. The van der Waals surface area contributed by atoms with Gasteiger partial charge in [-0.05, 0) is 69.1 Å². The SMILES string of the molecule is CC1(C)O[C@@H]1[C@@H](O)C[C@](C)(O)C1=C2C[C@H](O)[C@H]3[C@@]4(C)CCC(=O)C(C)(C)[C@@H]4CC[C@]3(C)[C@@]2(C)CC1=O. The van der Waals surface area contributed by atoms with Gasteiger partial charge >= 0.3 is 0 Å². The van der Waals surface area contributed by atoms with Crippen molar-refractivity contribution in [2.45, 2.75) is 130 Å². The number of ether oxygens (including phenoxy) is 1. The van der Waals surface area contributed by atoms with Crippen LogP contribution >= 0.6 is 0 Å². The van der Waals surface area contributed by atoms with Crippen LogP contribution in [0.25, 0.3) is 0 Å². The Hall–Kier alpha value is -1.08. The van der Waals surface area contributed by atoms with E-state index in [9.17, 15) is 24.9 Å². The van der Waals surface area contributed by atoms with Crippen molar-refractivity contribution in [2.24, 2.45) is 33.5 Å². The number of fused-ring (bicyclic) bond motifs is 5. The lowest BCUT2D eigenvalue weighted by Crippen LogP contribution is -2.65. The largest absolute Gasteiger partial charge is 0.392 e. The van der Waals surface area contributed by atoms with Crippen LogP contribution in [0.4, 0.5) is 0 Å². The Morgan fingerprint density at radius 1 is 1.08 bits per heavy atom. The quantitative estimate of drug-likeness (QED) is 0.499. The molecule has 1 saturated heterocycles. The molecule has 1 heterocycles. The van der Waals surface area contributed by atoms with Gasteiger partial charge in [-0.15, -0.1) is 0 Å². The van der Waals surface area contributed by atoms with Crippen molar-refractivity contribution in [3.63, 3.8) is 0 Å². The third-order valence-electron chi connectivity index (χ3n) is 12.0. The van der Waals surface area contributed by atoms with Crippen LogP contribution in [-0.4, -0.2) is 56.4 Å². The fraction of sp³-hybridized carbons (Fsp3) is 0.867. The Balaban J connectivity index is 1.54. The molecule has 0 radical (unpaired) electrons. The summed E-state index contributed by atoms with van der Waals surface area (Å²) >= 11 is 0. The van der Waals surface area contributed by atoms with Crippen LogP contribution in [0.2, 0.25) is 0 Å². The van der Waals surface area contributed by atoms with Gasteiger partial charge in [-0.1, -0.05) is 40.2 Å². The minimum atomic E-state index is -1.51. The zero-order valence-electron chi connectivity index (χ0n) is 23.4. The van der Waals surface area contributed by atoms with E-state index in [2.05, 4.69) is 34.6 Å². The average Bonchev–Trinajstić information content (AvgIpc) is 3.27. The van der Waals surface area contributed by atoms with Crippen molar-refractivity contribution in [3.8, 4) is 0 Å². The van der Waals surface area contributed by atoms with Crippen molar-refractivity contribution in [1.82, 2.24) is 0 Å². The molecular formula is C30H46O6. The molecule has 4 aliphatic carbocycles. The zero-order chi connectivity index (χ0) is 26.9. The Morgan fingerprint density at radius 2 is 1.69 bits per heavy atom. The number of rotatable bonds is 4. The second-order valence-corrected chi connectivity index (χ2v) is 14.9. The fourth-order valence-electron chi connectivity index (χ4n) is 10.0. The van der Waals surface area contributed by atoms with Gasteiger partial charge in [0, 0.05) is 35.7 Å². The Labute approximate surface area is 215 Å². The summed E-state index contributed by atoms with van der Waals surface area (Å²) in [5, 5.41) is 34.2. The maximum Gasteiger partial charge on any atom is 0.162 e. The highest BCUT2D eigenvalue weighted by atomic mass is 16.6. The molecule has 3 N–H and O–H groups in total. The lowest BCUT2D eigenvalue weighted by atomic mass is 9.36. The second kappa shape index (κ2) is 7.52. The van der Waals surface area contributed by atoms with Crippen molar-refractivity contribution in [3.05, 3.63) is 11.1 Å². The van der Waals surface area contributed by atoms with E-state index in [1.165, 1.54) is 0 Å². The summed E-state index contributed by atoms with van der Waals surface area (Å²) in [6, 6.07) is 0. The molecule has 202 valence electrons. The van der Waals surface area contributed by atoms with Crippen molar-refractivity contribution >= 4 is 11.6 Å². The molecule has 0 spiro atoms. The van der Waals surface area contributed by atoms with Crippen LogP contribution in [0.3, 0.4) is 0 Å². The number of carbonyl (C=O) groups is 2. The first-order valence-corrected chi connectivity index (χ1v) is 13.9. The molecule has 0 aromatic carbocycles. The minimum Gasteiger partial charge on any atom is -0.392 e. The third-order valence-corrected chi connectivity index (χ3v) is 12.0. The molecule has 9 atom stereocenters. The Kier molecular flexibility index (Phi) is 5.54. The molecule has 5 rings (SSSR count). The van der Waals surface area contributed by atoms with Gasteiger partial charge in [-0.3, -0.25) is 9.59 Å². The summed E-state index contributed by atoms with van der Waals surface area (Å²) < 4.78 is 5.59. The van der Waals surface area contributed by atoms with E-state index in [4.69, 9.17) is 4.74 Å². The van der Waals surface area contributed by atoms with Crippen LogP contribution in [0.15, 0.2) is 11.1 Å². The third kappa shape index (κ3) is 3.29. The normalized spacial score (nSPS) is 47.5. The summed E-state index contributed by atoms with van der Waals surface area (Å²) in [5.74, 6) is 0.417. The molecule has 3 saturated carbocycles. The van der Waals surface area contributed by atoms with Gasteiger partial charge in [0.25, 0.3) is 0 Å². The smallest absolute Gasteiger partial charge is 0.162 e. The van der Waals surface area contributed by atoms with E-state index < -0.39 is 34.2 Å². The van der Waals surface area contributed by atoms with E-state index >= 15 is 0 Å². The topological polar surface area (TPSA) is 107 Å². The highest BCUT2D eigenvalue weighted by Gasteiger charge is 2.70. The minimum absolute atomic E-state index is 0.0219. The predicted octanol–water partition coefficient (Wildman–Crippen LogP) is 4.13. The van der Waals surface area contributed by atoms with Gasteiger partial charge in [0.1, 0.15) is 11.9 Å². The van der Waals surface area contributed by atoms with E-state index in [0.717, 1.165) is 24.8 Å². The Morgan fingerprint density at radius 3 is 2.28 bits per heavy atom. The number of aliphatic hydroxyl groups is 3. The van der Waals surface area contributed by atoms with Gasteiger partial charge in [0.05, 0.1) is 23.4 Å². The summed E-state index contributed by atoms with van der Waals surface area (Å²) in [6.45, 7) is 16.3. The monoisotopic (exact) mass is 502 g/mol. The van der Waals surface area contributed by atoms with E-state index in [0.29, 0.717) is 30.6 Å². The number of epoxide rings is 1. The number of ketones is 2. The van der Waals surface area contributed by atoms with Gasteiger partial charge in [-0.2, -0.15) is 0 Å². The average molecular weight is 503 g/mol. The summed E-state index contributed by atoms with van der Waals surface area (Å²) in [5.41, 5.74) is -2.09. The molecule has 0 bridgehead atoms. The molecule has 6 nitrogen and oxygen atoms in total. The fourth-order valence-corrected chi connectivity index (χ4v) is 10.0. The number of carbonyl (C=O) groups excluding carboxylic acids is 2. The maximum atomic E-state index is 13.7. The number of Topliss-reactive ketones (excluding diaryl/α,β-unsaturated/α-hetero) is 2. The summed E-state index contributed by atoms with van der Waals surface area (Å²) in [6.07, 6.45) is 1.84. The van der Waals surface area contributed by atoms with Crippen molar-refractivity contribution < 1.29 is 29.6 Å². The van der Waals surface area contributed by atoms with Crippen LogP contribution in [-0.2, 0) is 14.3 Å². The first-order chi connectivity index (χ1) is 16.3. The van der Waals surface area contributed by atoms with E-state index in [1.54, 1.807) is 6.92 Å². The van der Waals surface area contributed by atoms with Crippen molar-refractivity contribution in [1.29, 1.82) is 0 Å². The number of hydrogen-bond donors (Lipinski definition) is 3. The van der Waals surface area contributed by atoms with Crippen LogP contribution in [0, 0.1) is 33.5 Å². The molecule has 6 heteroatoms. The Bertz CT molecular complexity index is 1040. The first kappa shape index (κ1) is 26.5. The summed E-state index contributed by atoms with van der Waals surface area (Å²) in [4.78, 5) is 26.5. The van der Waals surface area contributed by atoms with E-state index in [1.807, 2.05) is 13.8 Å². The standard InChI is InChI=1S/C30H46O6/c1-25(2)20-9-12-28(6)23(27(20,5)11-10-21(25)34)17(31)13-16-22(18(32)14-29(16,28)7)30(8,35)15-19(33)24-26(3,4)36-24/h17,19-20,23-24,31,33,35H,9-15H2,1-8H3/t17-,19-,20-,23-,24+,27-,28-,29-,30-/m0/s1. The predicted molar refractivity (Wildman–Crippen MR) is 136 cm³/mol. The molecule has 0 aromatic rings. The molecule has 0 amide bonds. The van der Waals surface area contributed by atoms with Gasteiger partial charge in [0.15, 0.2) is 5.78 Å². The van der Waals surface area contributed by atoms with Gasteiger partial charge < -0.3 is 20.1 Å². The second-order valence-electron chi connectivity index (χ2n) is 14.9. The van der Waals surface area contributed by atoms with Gasteiger partial charge in [-0.25, -0.2) is 0 Å². The van der Waals surface area contributed by atoms with E-state index in [-0.39, 0.29) is 41.0 Å². The lowest BCUT2D eigenvalue weighted by Gasteiger charge is -2.68. The highest BCUT2D eigenvalue weighted by Crippen LogP contribution is 2.74. The molecule has 0 aromatic heterocycles. The number of hydrogen-bond acceptors (Lipinski definition) is 6. The molecular weight excluding hydrogens is 456 g/mol. The molecule has 0 unspecified atom stereocenters. The molecule has 36 heavy (non-hydrogen) atoms. The lowest BCUT2D eigenvalue weighted by molar-refractivity contribution is -0.208. The number of aliphatic hydroxyl groups excluding tert-OH is 2. The first-order valence-electron chi connectivity index (χ1n) is 13.9. The molecule has 1 aliphatic heterocycles. The van der Waals surface area contributed by atoms with Gasteiger partial charge in [0.2, 0.25) is 0 Å². The van der Waals surface area contributed by atoms with Crippen molar-refractivity contribution in [2.75, 3.05) is 0 Å².